The summed E-state index contributed by atoms with van der Waals surface area (Å²) in [7, 11) is 0. The largest absolute Gasteiger partial charge is 0.423 e. The molecule has 0 fully saturated rings. The van der Waals surface area contributed by atoms with Crippen LogP contribution in [0.5, 0.6) is 17.2 Å². The van der Waals surface area contributed by atoms with Gasteiger partial charge in [-0.05, 0) is 184 Å². The maximum atomic E-state index is 14.7. The number of rotatable bonds is 33. The van der Waals surface area contributed by atoms with Gasteiger partial charge in [0, 0.05) is 17.8 Å². The van der Waals surface area contributed by atoms with Crippen LogP contribution in [-0.2, 0) is 0 Å². The minimum atomic E-state index is -1.15. The highest BCUT2D eigenvalue weighted by atomic mass is 19.2. The molecule has 3 aliphatic rings. The summed E-state index contributed by atoms with van der Waals surface area (Å²) in [5.74, 6) is -11.2. The Morgan fingerprint density at radius 2 is 0.525 bits per heavy atom. The Bertz CT molecular complexity index is 3680. The van der Waals surface area contributed by atoms with Crippen molar-refractivity contribution in [1.29, 1.82) is 0 Å². The zero-order valence-electron chi connectivity index (χ0n) is 57.3. The molecule has 99 heavy (non-hydrogen) atoms. The Labute approximate surface area is 578 Å². The number of benzene rings is 6. The van der Waals surface area contributed by atoms with Crippen LogP contribution in [0.2, 0.25) is 0 Å². The molecule has 3 atom stereocenters. The first-order valence-corrected chi connectivity index (χ1v) is 35.4. The minimum absolute atomic E-state index is 0.0116. The number of halogens is 9. The zero-order valence-corrected chi connectivity index (χ0v) is 57.3. The van der Waals surface area contributed by atoms with Gasteiger partial charge in [0.1, 0.15) is 86.3 Å². The number of carbonyl (C=O) groups excluding carboxylic acids is 3. The van der Waals surface area contributed by atoms with Gasteiger partial charge in [-0.25, -0.2) is 53.9 Å². The molecule has 6 nitrogen and oxygen atoms in total. The molecule has 3 aliphatic carbocycles. The second-order valence-corrected chi connectivity index (χ2v) is 25.7. The third-order valence-electron chi connectivity index (χ3n) is 17.9. The monoisotopic (exact) mass is 1370 g/mol. The first-order chi connectivity index (χ1) is 47.9. The zero-order chi connectivity index (χ0) is 70.9. The van der Waals surface area contributed by atoms with Crippen molar-refractivity contribution < 1.29 is 68.1 Å². The van der Waals surface area contributed by atoms with Gasteiger partial charge in [0.2, 0.25) is 0 Å². The van der Waals surface area contributed by atoms with Crippen LogP contribution < -0.4 is 14.2 Å². The van der Waals surface area contributed by atoms with Crippen molar-refractivity contribution in [3.05, 3.63) is 266 Å². The van der Waals surface area contributed by atoms with Crippen LogP contribution in [0.1, 0.15) is 260 Å². The van der Waals surface area contributed by atoms with Crippen LogP contribution in [-0.4, -0.2) is 17.9 Å². The highest BCUT2D eigenvalue weighted by Gasteiger charge is 2.27. The molecule has 0 radical (unpaired) electrons. The van der Waals surface area contributed by atoms with E-state index in [2.05, 4.69) is 39.0 Å². The molecule has 0 bridgehead atoms. The third kappa shape index (κ3) is 26.0. The number of ether oxygens (including phenoxy) is 3. The number of esters is 3. The summed E-state index contributed by atoms with van der Waals surface area (Å²) < 4.78 is 142. The summed E-state index contributed by atoms with van der Waals surface area (Å²) in [5.41, 5.74) is 2.97. The number of allylic oxidation sites excluding steroid dienone is 12. The van der Waals surface area contributed by atoms with Crippen LogP contribution in [0, 0.1) is 52.4 Å². The lowest BCUT2D eigenvalue weighted by Gasteiger charge is -2.18. The SMILES string of the molecule is CCCCCCCCC1=CCC(c2cc(F)c(C(=O)Oc3ccc(F)cc3)c(F)c2)C=C1.CCCCCCCCCC1=CCC(c2cc(F)c(C(=O)Oc3ccc(F)cc3)c(F)c2)C=C1.CCCCCCCCCCC1=CCC(c2cc(F)c(C(=O)Oc3ccc(F)cc3)c(F)c2)C=C1. The molecule has 0 saturated carbocycles. The Hall–Kier alpha value is -8.46. The summed E-state index contributed by atoms with van der Waals surface area (Å²) in [4.78, 5) is 36.7. The Balaban J connectivity index is 0.000000209. The molecule has 9 rings (SSSR count). The molecule has 0 heterocycles. The highest BCUT2D eigenvalue weighted by Crippen LogP contribution is 2.35. The number of carbonyl (C=O) groups is 3. The smallest absolute Gasteiger partial charge is 0.349 e. The lowest BCUT2D eigenvalue weighted by molar-refractivity contribution is 0.0714. The van der Waals surface area contributed by atoms with Crippen LogP contribution in [0.25, 0.3) is 0 Å². The van der Waals surface area contributed by atoms with Crippen LogP contribution in [0.4, 0.5) is 39.5 Å². The summed E-state index contributed by atoms with van der Waals surface area (Å²) in [5, 5.41) is 0. The van der Waals surface area contributed by atoms with Crippen molar-refractivity contribution >= 4 is 17.9 Å². The summed E-state index contributed by atoms with van der Waals surface area (Å²) >= 11 is 0. The first kappa shape index (κ1) is 77.9. The lowest BCUT2D eigenvalue weighted by atomic mass is 9.88. The molecule has 0 spiro atoms. The normalized spacial score (nSPS) is 15.4. The molecule has 528 valence electrons. The summed E-state index contributed by atoms with van der Waals surface area (Å²) in [6.07, 6.45) is 50.0. The van der Waals surface area contributed by atoms with E-state index in [1.807, 2.05) is 36.5 Å². The fourth-order valence-corrected chi connectivity index (χ4v) is 12.1. The number of unbranched alkanes of at least 4 members (excludes halogenated alkanes) is 18. The van der Waals surface area contributed by atoms with E-state index in [0.29, 0.717) is 36.0 Å². The minimum Gasteiger partial charge on any atom is -0.423 e. The molecular weight excluding hydrogens is 1280 g/mol. The predicted molar refractivity (Wildman–Crippen MR) is 375 cm³/mol. The van der Waals surface area contributed by atoms with Crippen LogP contribution >= 0.6 is 0 Å². The van der Waals surface area contributed by atoms with Crippen molar-refractivity contribution in [3.8, 4) is 17.2 Å². The topological polar surface area (TPSA) is 78.9 Å². The van der Waals surface area contributed by atoms with Gasteiger partial charge in [-0.1, -0.05) is 208 Å². The van der Waals surface area contributed by atoms with Gasteiger partial charge in [0.05, 0.1) is 0 Å². The van der Waals surface area contributed by atoms with E-state index >= 15 is 0 Å². The van der Waals surface area contributed by atoms with E-state index in [1.165, 1.54) is 205 Å². The Morgan fingerprint density at radius 1 is 0.313 bits per heavy atom. The van der Waals surface area contributed by atoms with Gasteiger partial charge in [-0.2, -0.15) is 0 Å². The van der Waals surface area contributed by atoms with Gasteiger partial charge < -0.3 is 14.2 Å². The standard InChI is InChI=1S/C29H33F3O2.C28H31F3O2.C27H29F3O2/c1-2-3-4-5-6-7-8-9-10-21-11-13-22(14-12-21)23-19-26(31)28(27(32)20-23)29(33)34-25-17-15-24(30)16-18-25;1-2-3-4-5-6-7-8-9-20-10-12-21(13-11-20)22-18-25(30)27(26(31)19-22)28(32)33-24-16-14-23(29)15-17-24;1-2-3-4-5-6-7-8-19-9-11-20(12-10-19)21-17-24(29)26(25(30)18-21)27(31)32-23-15-13-22(28)14-16-23/h11-13,15-20,22H,2-10,14H2,1H3;10-12,14-19,21H,2-9,13H2,1H3;9-11,13-18,20H,2-8,12H2,1H3. The molecule has 0 N–H and O–H groups in total. The number of hydrogen-bond acceptors (Lipinski definition) is 6. The molecule has 0 aliphatic heterocycles. The van der Waals surface area contributed by atoms with Crippen molar-refractivity contribution in [1.82, 2.24) is 0 Å². The third-order valence-corrected chi connectivity index (χ3v) is 17.9. The quantitative estimate of drug-likeness (QED) is 0.0177. The average molecular weight is 1370 g/mol. The number of hydrogen-bond donors (Lipinski definition) is 0. The maximum Gasteiger partial charge on any atom is 0.349 e. The van der Waals surface area contributed by atoms with E-state index < -0.39 is 87.0 Å². The summed E-state index contributed by atoms with van der Waals surface area (Å²) in [6, 6.07) is 21.1. The van der Waals surface area contributed by atoms with Gasteiger partial charge >= 0.3 is 17.9 Å². The molecule has 6 aromatic rings. The van der Waals surface area contributed by atoms with E-state index in [-0.39, 0.29) is 35.0 Å². The lowest BCUT2D eigenvalue weighted by Crippen LogP contribution is -2.14. The van der Waals surface area contributed by atoms with E-state index in [4.69, 9.17) is 14.2 Å². The van der Waals surface area contributed by atoms with Gasteiger partial charge in [-0.15, -0.1) is 0 Å². The Kier molecular flexibility index (Phi) is 32.9. The maximum absolute atomic E-state index is 14.7. The average Bonchev–Trinajstić information content (AvgIpc) is 0.827. The van der Waals surface area contributed by atoms with Crippen molar-refractivity contribution in [2.45, 2.75) is 212 Å². The Morgan fingerprint density at radius 3 is 0.727 bits per heavy atom. The summed E-state index contributed by atoms with van der Waals surface area (Å²) in [6.45, 7) is 6.65. The molecule has 15 heteroatoms. The van der Waals surface area contributed by atoms with Crippen LogP contribution in [0.3, 0.4) is 0 Å². The molecule has 6 aromatic carbocycles. The predicted octanol–water partition coefficient (Wildman–Crippen LogP) is 25.3. The van der Waals surface area contributed by atoms with Gasteiger partial charge in [0.25, 0.3) is 0 Å². The fourth-order valence-electron chi connectivity index (χ4n) is 12.1. The second-order valence-electron chi connectivity index (χ2n) is 25.7. The highest BCUT2D eigenvalue weighted by molar-refractivity contribution is 5.93. The van der Waals surface area contributed by atoms with E-state index in [9.17, 15) is 53.9 Å². The van der Waals surface area contributed by atoms with Crippen molar-refractivity contribution in [2.24, 2.45) is 0 Å². The molecular formula is C84H93F9O6. The fraction of sp³-hybridized carbons (Fsp3) is 0.393. The molecule has 0 aromatic heterocycles. The van der Waals surface area contributed by atoms with Crippen molar-refractivity contribution in [2.75, 3.05) is 0 Å². The van der Waals surface area contributed by atoms with E-state index in [1.54, 1.807) is 0 Å². The first-order valence-electron chi connectivity index (χ1n) is 35.4. The van der Waals surface area contributed by atoms with Gasteiger partial charge in [0.15, 0.2) is 0 Å². The molecule has 3 unspecified atom stereocenters. The van der Waals surface area contributed by atoms with E-state index in [0.717, 1.165) is 74.9 Å². The molecule has 0 saturated heterocycles. The second kappa shape index (κ2) is 41.8. The van der Waals surface area contributed by atoms with Crippen LogP contribution in [0.15, 0.2) is 181 Å². The van der Waals surface area contributed by atoms with Crippen molar-refractivity contribution in [3.63, 3.8) is 0 Å². The van der Waals surface area contributed by atoms with Gasteiger partial charge in [-0.3, -0.25) is 0 Å². The molecule has 0 amide bonds.